The molecule has 0 spiro atoms. The topological polar surface area (TPSA) is 32.3 Å². The molecule has 0 radical (unpaired) electrons. The molecule has 0 saturated carbocycles. The van der Waals surface area contributed by atoms with E-state index < -0.39 is 0 Å². The van der Waals surface area contributed by atoms with Crippen LogP contribution in [-0.2, 0) is 13.0 Å². The Bertz CT molecular complexity index is 626. The molecule has 3 heterocycles. The van der Waals surface area contributed by atoms with Gasteiger partial charge in [0, 0.05) is 37.7 Å². The predicted molar refractivity (Wildman–Crippen MR) is 97.7 cm³/mol. The van der Waals surface area contributed by atoms with Crippen LogP contribution < -0.4 is 0 Å². The summed E-state index contributed by atoms with van der Waals surface area (Å²) in [4.78, 5) is 13.8. The minimum absolute atomic E-state index is 0.469. The maximum atomic E-state index is 4.59. The van der Waals surface area contributed by atoms with E-state index >= 15 is 0 Å². The highest BCUT2D eigenvalue weighted by Crippen LogP contribution is 2.36. The lowest BCUT2D eigenvalue weighted by atomic mass is 9.94. The Morgan fingerprint density at radius 3 is 2.79 bits per heavy atom. The molecule has 0 amide bonds. The first-order valence-electron chi connectivity index (χ1n) is 8.90. The second-order valence-corrected chi connectivity index (χ2v) is 6.97. The minimum Gasteiger partial charge on any atom is -0.300 e. The van der Waals surface area contributed by atoms with E-state index in [1.807, 2.05) is 24.7 Å². The Balaban J connectivity index is 1.63. The molecule has 1 fully saturated rings. The van der Waals surface area contributed by atoms with Gasteiger partial charge in [0.1, 0.15) is 0 Å². The van der Waals surface area contributed by atoms with Crippen LogP contribution in [0, 0.1) is 5.92 Å². The number of hydrogen-bond donors (Lipinski definition) is 0. The highest BCUT2D eigenvalue weighted by Gasteiger charge is 2.33. The largest absolute Gasteiger partial charge is 0.300 e. The summed E-state index contributed by atoms with van der Waals surface area (Å²) in [5, 5.41) is 0. The zero-order chi connectivity index (χ0) is 16.9. The van der Waals surface area contributed by atoms with Gasteiger partial charge >= 0.3 is 0 Å². The van der Waals surface area contributed by atoms with Crippen molar-refractivity contribution in [1.82, 2.24) is 19.8 Å². The van der Waals surface area contributed by atoms with E-state index in [4.69, 9.17) is 0 Å². The number of pyridine rings is 2. The standard InChI is InChI=1S/C20H28N4/c1-4-16-7-8-19(22-12-16)15-23(2)14-18-9-11-24(3)20(18)17-6-5-10-21-13-17/h5-8,10,12-13,18,20H,4,9,11,14-15H2,1-3H3/t18-,20-/m0/s1. The maximum absolute atomic E-state index is 4.59. The molecule has 2 aromatic rings. The second-order valence-electron chi connectivity index (χ2n) is 6.97. The van der Waals surface area contributed by atoms with Gasteiger partial charge in [-0.3, -0.25) is 14.9 Å². The molecule has 4 heteroatoms. The molecule has 1 saturated heterocycles. The molecule has 128 valence electrons. The second kappa shape index (κ2) is 7.86. The lowest BCUT2D eigenvalue weighted by molar-refractivity contribution is 0.212. The Morgan fingerprint density at radius 2 is 2.12 bits per heavy atom. The lowest BCUT2D eigenvalue weighted by Gasteiger charge is -2.28. The summed E-state index contributed by atoms with van der Waals surface area (Å²) < 4.78 is 0. The summed E-state index contributed by atoms with van der Waals surface area (Å²) in [6.45, 7) is 5.31. The van der Waals surface area contributed by atoms with Crippen LogP contribution in [0.15, 0.2) is 42.9 Å². The van der Waals surface area contributed by atoms with Gasteiger partial charge in [0.2, 0.25) is 0 Å². The molecule has 4 nitrogen and oxygen atoms in total. The van der Waals surface area contributed by atoms with E-state index in [0.29, 0.717) is 12.0 Å². The number of nitrogens with zero attached hydrogens (tertiary/aromatic N) is 4. The molecule has 3 rings (SSSR count). The van der Waals surface area contributed by atoms with E-state index in [9.17, 15) is 0 Å². The summed E-state index contributed by atoms with van der Waals surface area (Å²) in [6, 6.07) is 9.07. The van der Waals surface area contributed by atoms with E-state index in [1.54, 1.807) is 0 Å². The average molecular weight is 324 g/mol. The molecular weight excluding hydrogens is 296 g/mol. The molecule has 1 aliphatic heterocycles. The Labute approximate surface area is 145 Å². The minimum atomic E-state index is 0.469. The Morgan fingerprint density at radius 1 is 1.25 bits per heavy atom. The van der Waals surface area contributed by atoms with Crippen LogP contribution in [0.5, 0.6) is 0 Å². The molecule has 0 aromatic carbocycles. The number of aryl methyl sites for hydroxylation is 1. The van der Waals surface area contributed by atoms with Crippen molar-refractivity contribution in [1.29, 1.82) is 0 Å². The number of rotatable bonds is 6. The predicted octanol–water partition coefficient (Wildman–Crippen LogP) is 3.16. The van der Waals surface area contributed by atoms with E-state index in [1.165, 1.54) is 17.5 Å². The third-order valence-corrected chi connectivity index (χ3v) is 5.07. The highest BCUT2D eigenvalue weighted by atomic mass is 15.2. The fourth-order valence-corrected chi connectivity index (χ4v) is 3.79. The molecule has 0 bridgehead atoms. The molecule has 1 aliphatic rings. The van der Waals surface area contributed by atoms with Gasteiger partial charge in [0.05, 0.1) is 5.69 Å². The summed E-state index contributed by atoms with van der Waals surface area (Å²) >= 11 is 0. The van der Waals surface area contributed by atoms with Crippen LogP contribution >= 0.6 is 0 Å². The number of hydrogen-bond acceptors (Lipinski definition) is 4. The first-order chi connectivity index (χ1) is 11.7. The van der Waals surface area contributed by atoms with Gasteiger partial charge in [-0.1, -0.05) is 19.1 Å². The van der Waals surface area contributed by atoms with Crippen LogP contribution in [0.1, 0.15) is 36.2 Å². The van der Waals surface area contributed by atoms with E-state index in [0.717, 1.165) is 31.7 Å². The monoisotopic (exact) mass is 324 g/mol. The van der Waals surface area contributed by atoms with Crippen LogP contribution in [0.25, 0.3) is 0 Å². The Kier molecular flexibility index (Phi) is 5.59. The summed E-state index contributed by atoms with van der Waals surface area (Å²) in [7, 11) is 4.43. The van der Waals surface area contributed by atoms with Gasteiger partial charge in [-0.2, -0.15) is 0 Å². The smallest absolute Gasteiger partial charge is 0.0544 e. The quantitative estimate of drug-likeness (QED) is 0.817. The summed E-state index contributed by atoms with van der Waals surface area (Å²) in [5.41, 5.74) is 3.79. The summed E-state index contributed by atoms with van der Waals surface area (Å²) in [5.74, 6) is 0.638. The SMILES string of the molecule is CCc1ccc(CN(C)C[C@@H]2CCN(C)[C@H]2c2cccnc2)nc1. The van der Waals surface area contributed by atoms with Crippen LogP contribution in [0.4, 0.5) is 0 Å². The zero-order valence-corrected chi connectivity index (χ0v) is 15.0. The molecule has 0 unspecified atom stereocenters. The number of aromatic nitrogens is 2. The van der Waals surface area contributed by atoms with Crippen molar-refractivity contribution in [2.45, 2.75) is 32.4 Å². The molecule has 2 atom stereocenters. The fourth-order valence-electron chi connectivity index (χ4n) is 3.79. The maximum Gasteiger partial charge on any atom is 0.0544 e. The van der Waals surface area contributed by atoms with E-state index in [-0.39, 0.29) is 0 Å². The van der Waals surface area contributed by atoms with Crippen molar-refractivity contribution in [3.63, 3.8) is 0 Å². The van der Waals surface area contributed by atoms with E-state index in [2.05, 4.69) is 59.0 Å². The molecule has 0 aliphatic carbocycles. The molecular formula is C20H28N4. The van der Waals surface area contributed by atoms with Gasteiger partial charge < -0.3 is 4.90 Å². The lowest BCUT2D eigenvalue weighted by Crippen LogP contribution is -2.30. The molecule has 0 N–H and O–H groups in total. The van der Waals surface area contributed by atoms with Gasteiger partial charge in [0.15, 0.2) is 0 Å². The summed E-state index contributed by atoms with van der Waals surface area (Å²) in [6.07, 6.45) is 8.16. The fraction of sp³-hybridized carbons (Fsp3) is 0.500. The Hall–Kier alpha value is -1.78. The van der Waals surface area contributed by atoms with Crippen molar-refractivity contribution >= 4 is 0 Å². The van der Waals surface area contributed by atoms with Crippen molar-refractivity contribution in [3.8, 4) is 0 Å². The molecule has 24 heavy (non-hydrogen) atoms. The highest BCUT2D eigenvalue weighted by molar-refractivity contribution is 5.17. The van der Waals surface area contributed by atoms with Gasteiger partial charge in [-0.05, 0) is 62.7 Å². The van der Waals surface area contributed by atoms with Gasteiger partial charge in [0.25, 0.3) is 0 Å². The van der Waals surface area contributed by atoms with Crippen molar-refractivity contribution in [3.05, 3.63) is 59.7 Å². The van der Waals surface area contributed by atoms with Crippen LogP contribution in [0.2, 0.25) is 0 Å². The first-order valence-corrected chi connectivity index (χ1v) is 8.90. The van der Waals surface area contributed by atoms with Gasteiger partial charge in [-0.15, -0.1) is 0 Å². The van der Waals surface area contributed by atoms with Crippen molar-refractivity contribution in [2.24, 2.45) is 5.92 Å². The van der Waals surface area contributed by atoms with Gasteiger partial charge in [-0.25, -0.2) is 0 Å². The molecule has 2 aromatic heterocycles. The van der Waals surface area contributed by atoms with Crippen molar-refractivity contribution < 1.29 is 0 Å². The normalized spacial score (nSPS) is 21.5. The van der Waals surface area contributed by atoms with Crippen molar-refractivity contribution in [2.75, 3.05) is 27.2 Å². The van der Waals surface area contributed by atoms with Crippen LogP contribution in [-0.4, -0.2) is 47.0 Å². The first kappa shape index (κ1) is 17.1. The third kappa shape index (κ3) is 4.00. The van der Waals surface area contributed by atoms with Crippen LogP contribution in [0.3, 0.4) is 0 Å². The zero-order valence-electron chi connectivity index (χ0n) is 15.0. The average Bonchev–Trinajstić information content (AvgIpc) is 2.96. The third-order valence-electron chi connectivity index (χ3n) is 5.07. The number of likely N-dealkylation sites (tertiary alicyclic amines) is 1.